The van der Waals surface area contributed by atoms with Gasteiger partial charge in [0, 0.05) is 24.4 Å². The molecule has 0 fully saturated rings. The molecule has 0 atom stereocenters. The number of rotatable bonds is 6. The zero-order valence-corrected chi connectivity index (χ0v) is 12.7. The lowest BCUT2D eigenvalue weighted by Crippen LogP contribution is -2.22. The summed E-state index contributed by atoms with van der Waals surface area (Å²) in [5.41, 5.74) is 2.73. The molecular weight excluding hydrogens is 296 g/mol. The minimum atomic E-state index is -0.684. The zero-order chi connectivity index (χ0) is 16.7. The van der Waals surface area contributed by atoms with Crippen molar-refractivity contribution in [3.8, 4) is 5.75 Å². The standard InChI is InChI=1S/C17H18N2O4/c1-23-15-6-2-4-13(12-15)9-11-19-10-3-5-14(17(19)21)7-8-16(20)18-22/h2-8,10,12,22H,9,11H2,1H3,(H,18,20)/b8-7+. The van der Waals surface area contributed by atoms with Crippen molar-refractivity contribution in [1.29, 1.82) is 0 Å². The SMILES string of the molecule is COc1cccc(CCn2cccc(/C=C/C(=O)NO)c2=O)c1. The van der Waals surface area contributed by atoms with Gasteiger partial charge in [0.15, 0.2) is 0 Å². The second-order valence-corrected chi connectivity index (χ2v) is 4.87. The van der Waals surface area contributed by atoms with Gasteiger partial charge in [-0.25, -0.2) is 5.48 Å². The first kappa shape index (κ1) is 16.5. The van der Waals surface area contributed by atoms with Crippen molar-refractivity contribution in [3.63, 3.8) is 0 Å². The maximum Gasteiger partial charge on any atom is 0.267 e. The van der Waals surface area contributed by atoms with Crippen LogP contribution in [0.15, 0.2) is 53.5 Å². The Morgan fingerprint density at radius 2 is 2.17 bits per heavy atom. The van der Waals surface area contributed by atoms with Crippen molar-refractivity contribution in [2.45, 2.75) is 13.0 Å². The number of carbonyl (C=O) groups excluding carboxylic acids is 1. The first-order valence-corrected chi connectivity index (χ1v) is 7.08. The Labute approximate surface area is 133 Å². The van der Waals surface area contributed by atoms with E-state index in [9.17, 15) is 9.59 Å². The Kier molecular flexibility index (Phi) is 5.71. The van der Waals surface area contributed by atoms with Gasteiger partial charge in [-0.15, -0.1) is 0 Å². The Bertz CT molecular complexity index is 765. The van der Waals surface area contributed by atoms with E-state index in [2.05, 4.69) is 0 Å². The van der Waals surface area contributed by atoms with Crippen LogP contribution in [0.4, 0.5) is 0 Å². The summed E-state index contributed by atoms with van der Waals surface area (Å²) >= 11 is 0. The van der Waals surface area contributed by atoms with Crippen LogP contribution < -0.4 is 15.8 Å². The highest BCUT2D eigenvalue weighted by Crippen LogP contribution is 2.13. The molecule has 2 rings (SSSR count). The van der Waals surface area contributed by atoms with Gasteiger partial charge in [0.05, 0.1) is 7.11 Å². The van der Waals surface area contributed by atoms with Gasteiger partial charge < -0.3 is 9.30 Å². The summed E-state index contributed by atoms with van der Waals surface area (Å²) in [5, 5.41) is 8.45. The van der Waals surface area contributed by atoms with Crippen LogP contribution in [-0.2, 0) is 17.8 Å². The van der Waals surface area contributed by atoms with E-state index >= 15 is 0 Å². The van der Waals surface area contributed by atoms with Crippen molar-refractivity contribution < 1.29 is 14.7 Å². The van der Waals surface area contributed by atoms with Crippen LogP contribution in [0, 0.1) is 0 Å². The fraction of sp³-hybridized carbons (Fsp3) is 0.176. The van der Waals surface area contributed by atoms with Gasteiger partial charge in [0.25, 0.3) is 11.5 Å². The molecule has 0 unspecified atom stereocenters. The lowest BCUT2D eigenvalue weighted by atomic mass is 10.1. The molecule has 6 heteroatoms. The quantitative estimate of drug-likeness (QED) is 0.482. The predicted molar refractivity (Wildman–Crippen MR) is 86.4 cm³/mol. The number of hydrogen-bond acceptors (Lipinski definition) is 4. The number of aromatic nitrogens is 1. The predicted octanol–water partition coefficient (Wildman–Crippen LogP) is 1.62. The first-order valence-electron chi connectivity index (χ1n) is 7.08. The lowest BCUT2D eigenvalue weighted by Gasteiger charge is -2.08. The highest BCUT2D eigenvalue weighted by molar-refractivity contribution is 5.90. The largest absolute Gasteiger partial charge is 0.497 e. The average Bonchev–Trinajstić information content (AvgIpc) is 2.59. The van der Waals surface area contributed by atoms with E-state index < -0.39 is 5.91 Å². The van der Waals surface area contributed by atoms with Gasteiger partial charge in [-0.2, -0.15) is 0 Å². The number of nitrogens with zero attached hydrogens (tertiary/aromatic N) is 1. The highest BCUT2D eigenvalue weighted by Gasteiger charge is 2.02. The van der Waals surface area contributed by atoms with E-state index in [4.69, 9.17) is 9.94 Å². The molecule has 1 amide bonds. The second-order valence-electron chi connectivity index (χ2n) is 4.87. The topological polar surface area (TPSA) is 80.6 Å². The number of carbonyl (C=O) groups is 1. The molecule has 23 heavy (non-hydrogen) atoms. The molecule has 1 aromatic carbocycles. The van der Waals surface area contributed by atoms with Crippen LogP contribution in [0.25, 0.3) is 6.08 Å². The molecular formula is C17H18N2O4. The van der Waals surface area contributed by atoms with Gasteiger partial charge in [-0.05, 0) is 42.3 Å². The third kappa shape index (κ3) is 4.55. The molecule has 0 bridgehead atoms. The molecule has 0 radical (unpaired) electrons. The molecule has 2 N–H and O–H groups in total. The number of benzene rings is 1. The fourth-order valence-electron chi connectivity index (χ4n) is 2.14. The van der Waals surface area contributed by atoms with Crippen molar-refractivity contribution in [1.82, 2.24) is 10.0 Å². The molecule has 0 aliphatic rings. The van der Waals surface area contributed by atoms with E-state index in [-0.39, 0.29) is 5.56 Å². The van der Waals surface area contributed by atoms with E-state index in [1.807, 2.05) is 24.3 Å². The van der Waals surface area contributed by atoms with Crippen molar-refractivity contribution in [3.05, 3.63) is 70.2 Å². The molecule has 0 spiro atoms. The van der Waals surface area contributed by atoms with Crippen molar-refractivity contribution >= 4 is 12.0 Å². The van der Waals surface area contributed by atoms with Crippen LogP contribution in [0.2, 0.25) is 0 Å². The van der Waals surface area contributed by atoms with E-state index in [0.29, 0.717) is 18.5 Å². The van der Waals surface area contributed by atoms with E-state index in [1.54, 1.807) is 30.0 Å². The fourth-order valence-corrected chi connectivity index (χ4v) is 2.14. The highest BCUT2D eigenvalue weighted by atomic mass is 16.5. The van der Waals surface area contributed by atoms with Crippen LogP contribution in [0.5, 0.6) is 5.75 Å². The van der Waals surface area contributed by atoms with Gasteiger partial charge in [-0.3, -0.25) is 14.8 Å². The number of hydrogen-bond donors (Lipinski definition) is 2. The molecule has 120 valence electrons. The minimum Gasteiger partial charge on any atom is -0.497 e. The first-order chi connectivity index (χ1) is 11.1. The average molecular weight is 314 g/mol. The van der Waals surface area contributed by atoms with Crippen LogP contribution in [0.1, 0.15) is 11.1 Å². The van der Waals surface area contributed by atoms with Gasteiger partial charge in [0.2, 0.25) is 0 Å². The molecule has 0 aliphatic heterocycles. The Hall–Kier alpha value is -2.86. The third-order valence-electron chi connectivity index (χ3n) is 3.35. The molecule has 0 saturated heterocycles. The summed E-state index contributed by atoms with van der Waals surface area (Å²) < 4.78 is 6.76. The van der Waals surface area contributed by atoms with Crippen LogP contribution in [0.3, 0.4) is 0 Å². The number of pyridine rings is 1. The molecule has 2 aromatic rings. The molecule has 0 aliphatic carbocycles. The summed E-state index contributed by atoms with van der Waals surface area (Å²) in [7, 11) is 1.61. The summed E-state index contributed by atoms with van der Waals surface area (Å²) in [6.45, 7) is 0.514. The van der Waals surface area contributed by atoms with Crippen LogP contribution in [-0.4, -0.2) is 22.8 Å². The maximum atomic E-state index is 12.3. The second kappa shape index (κ2) is 7.95. The zero-order valence-electron chi connectivity index (χ0n) is 12.7. The van der Waals surface area contributed by atoms with E-state index in [0.717, 1.165) is 17.4 Å². The molecule has 1 heterocycles. The number of aryl methyl sites for hydroxylation is 2. The van der Waals surface area contributed by atoms with Gasteiger partial charge in [-0.1, -0.05) is 12.1 Å². The van der Waals surface area contributed by atoms with Gasteiger partial charge in [0.1, 0.15) is 5.75 Å². The van der Waals surface area contributed by atoms with Crippen molar-refractivity contribution in [2.24, 2.45) is 0 Å². The smallest absolute Gasteiger partial charge is 0.267 e. The summed E-state index contributed by atoms with van der Waals surface area (Å²) in [4.78, 5) is 23.3. The number of nitrogens with one attached hydrogen (secondary N) is 1. The third-order valence-corrected chi connectivity index (χ3v) is 3.35. The van der Waals surface area contributed by atoms with Crippen molar-refractivity contribution in [2.75, 3.05) is 7.11 Å². The monoisotopic (exact) mass is 314 g/mol. The van der Waals surface area contributed by atoms with Crippen LogP contribution >= 0.6 is 0 Å². The Morgan fingerprint density at radius 3 is 2.91 bits per heavy atom. The summed E-state index contributed by atoms with van der Waals surface area (Å²) in [6, 6.07) is 11.0. The number of ether oxygens (including phenoxy) is 1. The summed E-state index contributed by atoms with van der Waals surface area (Å²) in [6.07, 6.45) is 4.85. The Morgan fingerprint density at radius 1 is 1.35 bits per heavy atom. The number of methoxy groups -OCH3 is 1. The van der Waals surface area contributed by atoms with E-state index in [1.165, 1.54) is 11.6 Å². The summed E-state index contributed by atoms with van der Waals surface area (Å²) in [5.74, 6) is 0.0951. The molecule has 6 nitrogen and oxygen atoms in total. The lowest BCUT2D eigenvalue weighted by molar-refractivity contribution is -0.124. The number of amides is 1. The molecule has 0 saturated carbocycles. The normalized spacial score (nSPS) is 10.7. The number of hydroxylamine groups is 1. The Balaban J connectivity index is 2.13. The maximum absolute atomic E-state index is 12.3. The minimum absolute atomic E-state index is 0.197. The molecule has 1 aromatic heterocycles. The van der Waals surface area contributed by atoms with Gasteiger partial charge >= 0.3 is 0 Å².